The molecular weight excluding hydrogens is 342 g/mol. The highest BCUT2D eigenvalue weighted by Gasteiger charge is 2.21. The first-order valence-corrected chi connectivity index (χ1v) is 8.77. The lowest BCUT2D eigenvalue weighted by molar-refractivity contribution is 0.0603. The van der Waals surface area contributed by atoms with Gasteiger partial charge in [-0.05, 0) is 23.1 Å². The fraction of sp³-hybridized carbons (Fsp3) is 0.273. The molecule has 0 N–H and O–H groups in total. The number of benzene rings is 2. The topological polar surface area (TPSA) is 57.5 Å². The second-order valence-electron chi connectivity index (χ2n) is 7.35. The van der Waals surface area contributed by atoms with Gasteiger partial charge >= 0.3 is 5.97 Å². The lowest BCUT2D eigenvalue weighted by Crippen LogP contribution is -2.20. The molecule has 0 aliphatic heterocycles. The van der Waals surface area contributed by atoms with Crippen molar-refractivity contribution in [3.8, 4) is 5.75 Å². The monoisotopic (exact) mass is 365 g/mol. The molecule has 0 spiro atoms. The van der Waals surface area contributed by atoms with E-state index in [4.69, 9.17) is 9.47 Å². The maximum absolute atomic E-state index is 12.8. The van der Waals surface area contributed by atoms with Crippen molar-refractivity contribution in [1.82, 2.24) is 4.57 Å². The van der Waals surface area contributed by atoms with Gasteiger partial charge in [-0.3, -0.25) is 9.36 Å². The highest BCUT2D eigenvalue weighted by atomic mass is 16.5. The van der Waals surface area contributed by atoms with Gasteiger partial charge in [0, 0.05) is 11.6 Å². The van der Waals surface area contributed by atoms with Gasteiger partial charge in [-0.1, -0.05) is 57.2 Å². The molecule has 5 nitrogen and oxygen atoms in total. The Labute approximate surface area is 158 Å². The Bertz CT molecular complexity index is 995. The smallest absolute Gasteiger partial charge is 0.340 e. The SMILES string of the molecule is COC(=O)c1cn(C(=O)COc2ccccc2C(C)(C)C)c2ccccc12. The van der Waals surface area contributed by atoms with Crippen LogP contribution in [-0.2, 0) is 10.2 Å². The summed E-state index contributed by atoms with van der Waals surface area (Å²) in [4.78, 5) is 24.8. The maximum atomic E-state index is 12.8. The molecule has 0 aliphatic carbocycles. The van der Waals surface area contributed by atoms with Crippen molar-refractivity contribution in [3.63, 3.8) is 0 Å². The number of esters is 1. The van der Waals surface area contributed by atoms with Crippen LogP contribution in [0, 0.1) is 0 Å². The summed E-state index contributed by atoms with van der Waals surface area (Å²) in [5.74, 6) is -0.0511. The summed E-state index contributed by atoms with van der Waals surface area (Å²) in [5, 5.41) is 0.674. The van der Waals surface area contributed by atoms with Gasteiger partial charge < -0.3 is 9.47 Å². The molecule has 1 aromatic heterocycles. The van der Waals surface area contributed by atoms with Crippen LogP contribution in [0.5, 0.6) is 5.75 Å². The van der Waals surface area contributed by atoms with Crippen molar-refractivity contribution in [1.29, 1.82) is 0 Å². The van der Waals surface area contributed by atoms with E-state index in [0.29, 0.717) is 22.2 Å². The average molecular weight is 365 g/mol. The van der Waals surface area contributed by atoms with E-state index in [1.165, 1.54) is 17.9 Å². The van der Waals surface area contributed by atoms with Gasteiger partial charge in [-0.25, -0.2) is 4.79 Å². The van der Waals surface area contributed by atoms with Crippen molar-refractivity contribution in [2.45, 2.75) is 26.2 Å². The van der Waals surface area contributed by atoms with Gasteiger partial charge in [-0.15, -0.1) is 0 Å². The standard InChI is InChI=1S/C22H23NO4/c1-22(2,3)17-10-6-8-12-19(17)27-14-20(24)23-13-16(21(25)26-4)15-9-5-7-11-18(15)23/h5-13H,14H2,1-4H3. The Morgan fingerprint density at radius 2 is 1.67 bits per heavy atom. The van der Waals surface area contributed by atoms with E-state index < -0.39 is 5.97 Å². The lowest BCUT2D eigenvalue weighted by atomic mass is 9.86. The van der Waals surface area contributed by atoms with Crippen LogP contribution in [0.4, 0.5) is 0 Å². The second kappa shape index (κ2) is 7.27. The largest absolute Gasteiger partial charge is 0.483 e. The third-order valence-electron chi connectivity index (χ3n) is 4.43. The van der Waals surface area contributed by atoms with Gasteiger partial charge in [0.15, 0.2) is 6.61 Å². The number of aromatic nitrogens is 1. The van der Waals surface area contributed by atoms with E-state index in [0.717, 1.165) is 5.56 Å². The molecule has 0 bridgehead atoms. The molecule has 5 heteroatoms. The minimum absolute atomic E-state index is 0.0994. The fourth-order valence-electron chi connectivity index (χ4n) is 3.08. The van der Waals surface area contributed by atoms with E-state index in [9.17, 15) is 9.59 Å². The number of hydrogen-bond donors (Lipinski definition) is 0. The minimum atomic E-state index is -0.475. The number of carbonyl (C=O) groups is 2. The van der Waals surface area contributed by atoms with Crippen molar-refractivity contribution in [2.24, 2.45) is 0 Å². The summed E-state index contributed by atoms with van der Waals surface area (Å²) < 4.78 is 12.1. The Hall–Kier alpha value is -3.08. The Morgan fingerprint density at radius 1 is 1.00 bits per heavy atom. The zero-order chi connectivity index (χ0) is 19.6. The molecule has 3 aromatic rings. The predicted molar refractivity (Wildman–Crippen MR) is 105 cm³/mol. The minimum Gasteiger partial charge on any atom is -0.483 e. The first-order valence-electron chi connectivity index (χ1n) is 8.77. The number of carbonyl (C=O) groups excluding carboxylic acids is 2. The van der Waals surface area contributed by atoms with E-state index in [1.54, 1.807) is 12.1 Å². The third-order valence-corrected chi connectivity index (χ3v) is 4.43. The zero-order valence-electron chi connectivity index (χ0n) is 16.0. The highest BCUT2D eigenvalue weighted by Crippen LogP contribution is 2.31. The summed E-state index contributed by atoms with van der Waals surface area (Å²) in [6.07, 6.45) is 1.51. The molecule has 27 heavy (non-hydrogen) atoms. The molecule has 0 saturated carbocycles. The predicted octanol–water partition coefficient (Wildman–Crippen LogP) is 4.44. The molecule has 0 radical (unpaired) electrons. The zero-order valence-corrected chi connectivity index (χ0v) is 16.0. The molecule has 0 amide bonds. The quantitative estimate of drug-likeness (QED) is 0.641. The van der Waals surface area contributed by atoms with E-state index in [2.05, 4.69) is 20.8 Å². The summed E-state index contributed by atoms with van der Waals surface area (Å²) >= 11 is 0. The van der Waals surface area contributed by atoms with E-state index in [-0.39, 0.29) is 17.9 Å². The Kier molecular flexibility index (Phi) is 5.04. The number of hydrogen-bond acceptors (Lipinski definition) is 4. The van der Waals surface area contributed by atoms with Gasteiger partial charge in [0.2, 0.25) is 0 Å². The van der Waals surface area contributed by atoms with Crippen LogP contribution in [0.3, 0.4) is 0 Å². The molecule has 0 saturated heterocycles. The van der Waals surface area contributed by atoms with Crippen LogP contribution in [0.25, 0.3) is 10.9 Å². The van der Waals surface area contributed by atoms with Crippen LogP contribution >= 0.6 is 0 Å². The number of rotatable bonds is 4. The normalized spacial score (nSPS) is 11.4. The number of para-hydroxylation sites is 2. The van der Waals surface area contributed by atoms with Gasteiger partial charge in [0.05, 0.1) is 18.2 Å². The van der Waals surface area contributed by atoms with E-state index >= 15 is 0 Å². The maximum Gasteiger partial charge on any atom is 0.340 e. The van der Waals surface area contributed by atoms with Crippen LogP contribution in [0.15, 0.2) is 54.7 Å². The molecular formula is C22H23NO4. The lowest BCUT2D eigenvalue weighted by Gasteiger charge is -2.22. The van der Waals surface area contributed by atoms with Gasteiger partial charge in [0.1, 0.15) is 5.75 Å². The molecule has 0 aliphatic rings. The first-order chi connectivity index (χ1) is 12.8. The molecule has 1 heterocycles. The molecule has 2 aromatic carbocycles. The average Bonchev–Trinajstić information content (AvgIpc) is 3.05. The number of methoxy groups -OCH3 is 1. The Balaban J connectivity index is 1.89. The first kappa shape index (κ1) is 18.7. The Morgan fingerprint density at radius 3 is 2.37 bits per heavy atom. The summed E-state index contributed by atoms with van der Waals surface area (Å²) in [6.45, 7) is 6.16. The van der Waals surface area contributed by atoms with Crippen molar-refractivity contribution >= 4 is 22.8 Å². The summed E-state index contributed by atoms with van der Waals surface area (Å²) in [6, 6.07) is 14.9. The second-order valence-corrected chi connectivity index (χ2v) is 7.35. The van der Waals surface area contributed by atoms with Crippen LogP contribution in [0.2, 0.25) is 0 Å². The number of nitrogens with zero attached hydrogens (tertiary/aromatic N) is 1. The summed E-state index contributed by atoms with van der Waals surface area (Å²) in [7, 11) is 1.32. The van der Waals surface area contributed by atoms with Crippen molar-refractivity contribution < 1.29 is 19.1 Å². The van der Waals surface area contributed by atoms with Gasteiger partial charge in [0.25, 0.3) is 5.91 Å². The van der Waals surface area contributed by atoms with Crippen LogP contribution in [0.1, 0.15) is 41.5 Å². The molecule has 0 unspecified atom stereocenters. The van der Waals surface area contributed by atoms with Gasteiger partial charge in [-0.2, -0.15) is 0 Å². The summed E-state index contributed by atoms with van der Waals surface area (Å²) in [5.41, 5.74) is 1.94. The molecule has 140 valence electrons. The van der Waals surface area contributed by atoms with Crippen molar-refractivity contribution in [2.75, 3.05) is 13.7 Å². The molecule has 0 atom stereocenters. The number of ether oxygens (including phenoxy) is 2. The highest BCUT2D eigenvalue weighted by molar-refractivity contribution is 6.07. The molecule has 3 rings (SSSR count). The van der Waals surface area contributed by atoms with Crippen LogP contribution in [-0.4, -0.2) is 30.2 Å². The fourth-order valence-corrected chi connectivity index (χ4v) is 3.08. The van der Waals surface area contributed by atoms with Crippen LogP contribution < -0.4 is 4.74 Å². The molecule has 0 fully saturated rings. The third kappa shape index (κ3) is 3.72. The van der Waals surface area contributed by atoms with E-state index in [1.807, 2.05) is 36.4 Å². The van der Waals surface area contributed by atoms with Crippen molar-refractivity contribution in [3.05, 3.63) is 65.9 Å². The number of fused-ring (bicyclic) bond motifs is 1.